The Morgan fingerprint density at radius 3 is 2.52 bits per heavy atom. The number of carbonyl (C=O) groups excluding carboxylic acids is 2. The van der Waals surface area contributed by atoms with E-state index in [1.807, 2.05) is 38.1 Å². The first kappa shape index (κ1) is 23.2. The standard InChI is InChI=1S/C24H26N2O6S/c1-15-13-26(14-16(2)31-15)33(29,30)19-8-6-7-18(11-19)24(28)32-17(3)23(27)21-12-25-22-10-5-4-9-20(21)22/h4-12,15-17,25H,13-14H2,1-3H3. The Bertz CT molecular complexity index is 1290. The second-order valence-electron chi connectivity index (χ2n) is 8.27. The Morgan fingerprint density at radius 1 is 1.09 bits per heavy atom. The third-order valence-electron chi connectivity index (χ3n) is 5.60. The minimum Gasteiger partial charge on any atom is -0.451 e. The smallest absolute Gasteiger partial charge is 0.338 e. The Hall–Kier alpha value is -3.01. The zero-order valence-corrected chi connectivity index (χ0v) is 19.5. The molecule has 4 rings (SSSR count). The van der Waals surface area contributed by atoms with Crippen LogP contribution in [-0.4, -0.2) is 60.9 Å². The minimum atomic E-state index is -3.81. The molecule has 0 radical (unpaired) electrons. The summed E-state index contributed by atoms with van der Waals surface area (Å²) < 4.78 is 38.6. The molecule has 0 saturated carbocycles. The van der Waals surface area contributed by atoms with Gasteiger partial charge in [-0.15, -0.1) is 0 Å². The van der Waals surface area contributed by atoms with Crippen LogP contribution < -0.4 is 0 Å². The van der Waals surface area contributed by atoms with Crippen LogP contribution in [0, 0.1) is 0 Å². The van der Waals surface area contributed by atoms with Crippen molar-refractivity contribution in [1.82, 2.24) is 9.29 Å². The number of para-hydroxylation sites is 1. The second-order valence-corrected chi connectivity index (χ2v) is 10.2. The molecule has 0 bridgehead atoms. The number of Topliss-reactive ketones (excluding diaryl/α,β-unsaturated/α-hetero) is 1. The van der Waals surface area contributed by atoms with Gasteiger partial charge in [-0.2, -0.15) is 4.31 Å². The van der Waals surface area contributed by atoms with Crippen LogP contribution in [-0.2, 0) is 19.5 Å². The van der Waals surface area contributed by atoms with Gasteiger partial charge in [-0.25, -0.2) is 13.2 Å². The van der Waals surface area contributed by atoms with Crippen molar-refractivity contribution in [1.29, 1.82) is 0 Å². The molecule has 8 nitrogen and oxygen atoms in total. The lowest BCUT2D eigenvalue weighted by atomic mass is 10.1. The number of nitrogens with zero attached hydrogens (tertiary/aromatic N) is 1. The van der Waals surface area contributed by atoms with Crippen LogP contribution in [0.2, 0.25) is 0 Å². The summed E-state index contributed by atoms with van der Waals surface area (Å²) in [5, 5.41) is 0.743. The van der Waals surface area contributed by atoms with E-state index in [1.54, 1.807) is 6.20 Å². The van der Waals surface area contributed by atoms with Crippen molar-refractivity contribution < 1.29 is 27.5 Å². The number of morpholine rings is 1. The second kappa shape index (κ2) is 9.09. The van der Waals surface area contributed by atoms with E-state index in [1.165, 1.54) is 35.5 Å². The number of benzene rings is 2. The van der Waals surface area contributed by atoms with E-state index in [4.69, 9.17) is 9.47 Å². The predicted octanol–water partition coefficient (Wildman–Crippen LogP) is 3.39. The molecule has 1 aliphatic heterocycles. The SMILES string of the molecule is CC1CN(S(=O)(=O)c2cccc(C(=O)OC(C)C(=O)c3c[nH]c4ccccc34)c2)CC(C)O1. The summed E-state index contributed by atoms with van der Waals surface area (Å²) >= 11 is 0. The molecule has 0 spiro atoms. The number of H-pyrrole nitrogens is 1. The molecule has 0 amide bonds. The number of sulfonamides is 1. The van der Waals surface area contributed by atoms with Crippen molar-refractivity contribution in [2.45, 2.75) is 44.0 Å². The molecule has 1 aliphatic rings. The number of rotatable bonds is 6. The first-order chi connectivity index (χ1) is 15.7. The first-order valence-corrected chi connectivity index (χ1v) is 12.2. The van der Waals surface area contributed by atoms with Gasteiger partial charge in [0, 0.05) is 35.8 Å². The van der Waals surface area contributed by atoms with Crippen molar-refractivity contribution >= 4 is 32.7 Å². The van der Waals surface area contributed by atoms with Crippen LogP contribution in [0.25, 0.3) is 10.9 Å². The van der Waals surface area contributed by atoms with Gasteiger partial charge in [-0.1, -0.05) is 24.3 Å². The fourth-order valence-electron chi connectivity index (χ4n) is 4.04. The van der Waals surface area contributed by atoms with Gasteiger partial charge in [0.1, 0.15) is 0 Å². The summed E-state index contributed by atoms with van der Waals surface area (Å²) in [5.41, 5.74) is 1.30. The van der Waals surface area contributed by atoms with Crippen molar-refractivity contribution in [2.24, 2.45) is 0 Å². The van der Waals surface area contributed by atoms with Crippen molar-refractivity contribution in [3.8, 4) is 0 Å². The number of ether oxygens (including phenoxy) is 2. The number of hydrogen-bond donors (Lipinski definition) is 1. The fraction of sp³-hybridized carbons (Fsp3) is 0.333. The molecule has 1 saturated heterocycles. The maximum Gasteiger partial charge on any atom is 0.338 e. The molecular formula is C24H26N2O6S. The van der Waals surface area contributed by atoms with Crippen LogP contribution in [0.3, 0.4) is 0 Å². The number of fused-ring (bicyclic) bond motifs is 1. The van der Waals surface area contributed by atoms with Crippen molar-refractivity contribution in [3.05, 3.63) is 65.9 Å². The molecule has 9 heteroatoms. The number of carbonyl (C=O) groups is 2. The molecular weight excluding hydrogens is 444 g/mol. The highest BCUT2D eigenvalue weighted by Crippen LogP contribution is 2.23. The van der Waals surface area contributed by atoms with Gasteiger partial charge >= 0.3 is 5.97 Å². The molecule has 3 aromatic rings. The summed E-state index contributed by atoms with van der Waals surface area (Å²) in [6.45, 7) is 5.60. The first-order valence-electron chi connectivity index (χ1n) is 10.7. The maximum atomic E-state index is 13.1. The third-order valence-corrected chi connectivity index (χ3v) is 7.43. The molecule has 1 aromatic heterocycles. The highest BCUT2D eigenvalue weighted by atomic mass is 32.2. The van der Waals surface area contributed by atoms with Crippen LogP contribution in [0.5, 0.6) is 0 Å². The van der Waals surface area contributed by atoms with Gasteiger partial charge in [0.2, 0.25) is 15.8 Å². The van der Waals surface area contributed by atoms with Crippen LogP contribution in [0.4, 0.5) is 0 Å². The van der Waals surface area contributed by atoms with Gasteiger partial charge in [-0.05, 0) is 45.0 Å². The highest BCUT2D eigenvalue weighted by molar-refractivity contribution is 7.89. The number of aromatic nitrogens is 1. The van der Waals surface area contributed by atoms with Gasteiger partial charge in [-0.3, -0.25) is 4.79 Å². The molecule has 1 N–H and O–H groups in total. The van der Waals surface area contributed by atoms with E-state index in [2.05, 4.69) is 4.98 Å². The topological polar surface area (TPSA) is 106 Å². The number of nitrogens with one attached hydrogen (secondary N) is 1. The molecule has 1 fully saturated rings. The minimum absolute atomic E-state index is 0.00569. The predicted molar refractivity (Wildman–Crippen MR) is 123 cm³/mol. The van der Waals surface area contributed by atoms with E-state index >= 15 is 0 Å². The third kappa shape index (κ3) is 4.71. The normalized spacial score (nSPS) is 20.5. The zero-order valence-electron chi connectivity index (χ0n) is 18.6. The zero-order chi connectivity index (χ0) is 23.8. The Morgan fingerprint density at radius 2 is 1.79 bits per heavy atom. The average Bonchev–Trinajstić information content (AvgIpc) is 3.22. The lowest BCUT2D eigenvalue weighted by Crippen LogP contribution is -2.48. The molecule has 0 aliphatic carbocycles. The number of hydrogen-bond acceptors (Lipinski definition) is 6. The summed E-state index contributed by atoms with van der Waals surface area (Å²) in [5.74, 6) is -1.11. The van der Waals surface area contributed by atoms with Gasteiger partial charge < -0.3 is 14.5 Å². The lowest BCUT2D eigenvalue weighted by molar-refractivity contribution is -0.0440. The van der Waals surface area contributed by atoms with Crippen molar-refractivity contribution in [3.63, 3.8) is 0 Å². The van der Waals surface area contributed by atoms with Gasteiger partial charge in [0.05, 0.1) is 22.7 Å². The van der Waals surface area contributed by atoms with E-state index < -0.39 is 22.1 Å². The van der Waals surface area contributed by atoms with Crippen LogP contribution >= 0.6 is 0 Å². The van der Waals surface area contributed by atoms with E-state index in [0.29, 0.717) is 5.56 Å². The van der Waals surface area contributed by atoms with Crippen LogP contribution in [0.1, 0.15) is 41.5 Å². The van der Waals surface area contributed by atoms with Gasteiger partial charge in [0.25, 0.3) is 0 Å². The number of esters is 1. The molecule has 2 heterocycles. The number of ketones is 1. The quantitative estimate of drug-likeness (QED) is 0.437. The summed E-state index contributed by atoms with van der Waals surface area (Å²) in [4.78, 5) is 28.6. The highest BCUT2D eigenvalue weighted by Gasteiger charge is 2.33. The molecule has 2 aromatic carbocycles. The molecule has 33 heavy (non-hydrogen) atoms. The van der Waals surface area contributed by atoms with Crippen LogP contribution in [0.15, 0.2) is 59.6 Å². The lowest BCUT2D eigenvalue weighted by Gasteiger charge is -2.34. The Kier molecular flexibility index (Phi) is 6.38. The summed E-state index contributed by atoms with van der Waals surface area (Å²) in [6.07, 6.45) is 0.0912. The molecule has 174 valence electrons. The Balaban J connectivity index is 1.51. The maximum absolute atomic E-state index is 13.1. The van der Waals surface area contributed by atoms with Crippen molar-refractivity contribution in [2.75, 3.05) is 13.1 Å². The van der Waals surface area contributed by atoms with E-state index in [-0.39, 0.29) is 41.5 Å². The van der Waals surface area contributed by atoms with E-state index in [9.17, 15) is 18.0 Å². The summed E-state index contributed by atoms with van der Waals surface area (Å²) in [7, 11) is -3.81. The number of aromatic amines is 1. The largest absolute Gasteiger partial charge is 0.451 e. The Labute approximate surface area is 192 Å². The van der Waals surface area contributed by atoms with E-state index in [0.717, 1.165) is 10.9 Å². The van der Waals surface area contributed by atoms with Gasteiger partial charge in [0.15, 0.2) is 6.10 Å². The molecule has 3 atom stereocenters. The summed E-state index contributed by atoms with van der Waals surface area (Å²) in [6, 6.07) is 13.0. The fourth-order valence-corrected chi connectivity index (χ4v) is 5.67. The average molecular weight is 471 g/mol. The monoisotopic (exact) mass is 470 g/mol. The molecule has 3 unspecified atom stereocenters.